The van der Waals surface area contributed by atoms with Gasteiger partial charge in [-0.3, -0.25) is 0 Å². The van der Waals surface area contributed by atoms with Crippen molar-refractivity contribution in [2.45, 2.75) is 66.5 Å². The Morgan fingerprint density at radius 2 is 0.826 bits per heavy atom. The Morgan fingerprint density at radius 3 is 1.04 bits per heavy atom. The highest BCUT2D eigenvalue weighted by atomic mass is 28.3. The molecule has 1 heteroatoms. The average Bonchev–Trinajstić information content (AvgIpc) is 2.59. The van der Waals surface area contributed by atoms with E-state index >= 15 is 0 Å². The van der Waals surface area contributed by atoms with Gasteiger partial charge < -0.3 is 0 Å². The predicted octanol–water partition coefficient (Wildman–Crippen LogP) is 4.76. The maximum absolute atomic E-state index is 2.56. The van der Waals surface area contributed by atoms with E-state index in [4.69, 9.17) is 0 Å². The fourth-order valence-corrected chi connectivity index (χ4v) is 8.72. The van der Waals surface area contributed by atoms with Gasteiger partial charge in [0.25, 0.3) is 0 Å². The van der Waals surface area contributed by atoms with E-state index < -0.39 is 8.07 Å². The normalized spacial score (nSPS) is 11.7. The minimum atomic E-state index is -1.72. The molecule has 0 amide bonds. The van der Waals surface area contributed by atoms with E-state index in [1.54, 1.807) is 32.6 Å². The van der Waals surface area contributed by atoms with Crippen LogP contribution < -0.4 is 10.4 Å². The standard InChI is InChI=1S/C22H32Si/c1-7-17-13-11-14-18(8-2)21(17)23(5,6)22-19(9-3)15-12-16-20(22)10-4/h11-16H,7-10H2,1-6H3. The van der Waals surface area contributed by atoms with Crippen molar-refractivity contribution in [1.29, 1.82) is 0 Å². The van der Waals surface area contributed by atoms with Crippen LogP contribution in [-0.2, 0) is 25.7 Å². The fraction of sp³-hybridized carbons (Fsp3) is 0.455. The van der Waals surface area contributed by atoms with Crippen molar-refractivity contribution in [3.05, 3.63) is 58.7 Å². The van der Waals surface area contributed by atoms with Crippen LogP contribution in [0, 0.1) is 0 Å². The van der Waals surface area contributed by atoms with Crippen LogP contribution in [0.1, 0.15) is 49.9 Å². The second-order valence-electron chi connectivity index (χ2n) is 6.94. The molecule has 0 spiro atoms. The molecule has 0 atom stereocenters. The lowest BCUT2D eigenvalue weighted by Gasteiger charge is -2.33. The molecule has 124 valence electrons. The summed E-state index contributed by atoms with van der Waals surface area (Å²) in [4.78, 5) is 0. The van der Waals surface area contributed by atoms with E-state index in [9.17, 15) is 0 Å². The number of aryl methyl sites for hydroxylation is 4. The summed E-state index contributed by atoms with van der Waals surface area (Å²) in [6, 6.07) is 13.9. The van der Waals surface area contributed by atoms with Gasteiger partial charge in [0, 0.05) is 0 Å². The molecule has 0 radical (unpaired) electrons. The van der Waals surface area contributed by atoms with Crippen LogP contribution in [0.15, 0.2) is 36.4 Å². The molecular formula is C22H32Si. The molecule has 0 aromatic heterocycles. The molecule has 2 rings (SSSR count). The maximum Gasteiger partial charge on any atom is 0.113 e. The third-order valence-corrected chi connectivity index (χ3v) is 9.03. The van der Waals surface area contributed by atoms with Crippen LogP contribution in [0.4, 0.5) is 0 Å². The van der Waals surface area contributed by atoms with E-state index in [1.807, 2.05) is 0 Å². The maximum atomic E-state index is 2.56. The molecule has 0 aliphatic rings. The first-order chi connectivity index (χ1) is 11.0. The first kappa shape index (κ1) is 18.0. The van der Waals surface area contributed by atoms with E-state index in [1.165, 1.54) is 0 Å². The molecule has 0 bridgehead atoms. The molecule has 0 unspecified atom stereocenters. The van der Waals surface area contributed by atoms with Gasteiger partial charge in [0.1, 0.15) is 8.07 Å². The zero-order valence-electron chi connectivity index (χ0n) is 15.8. The van der Waals surface area contributed by atoms with E-state index in [0.717, 1.165) is 25.7 Å². The van der Waals surface area contributed by atoms with Gasteiger partial charge in [-0.1, -0.05) is 77.2 Å². The Hall–Kier alpha value is -1.34. The minimum Gasteiger partial charge on any atom is -0.0617 e. The molecule has 0 N–H and O–H groups in total. The number of benzene rings is 2. The first-order valence-corrected chi connectivity index (χ1v) is 12.2. The number of hydrogen-bond acceptors (Lipinski definition) is 0. The van der Waals surface area contributed by atoms with Crippen LogP contribution in [-0.4, -0.2) is 8.07 Å². The molecule has 0 saturated heterocycles. The van der Waals surface area contributed by atoms with E-state index in [0.29, 0.717) is 0 Å². The van der Waals surface area contributed by atoms with E-state index in [2.05, 4.69) is 77.2 Å². The lowest BCUT2D eigenvalue weighted by molar-refractivity contribution is 1.09. The highest BCUT2D eigenvalue weighted by Crippen LogP contribution is 2.18. The third-order valence-electron chi connectivity index (χ3n) is 5.25. The summed E-state index contributed by atoms with van der Waals surface area (Å²) in [5.41, 5.74) is 6.26. The molecule has 0 aliphatic carbocycles. The Morgan fingerprint density at radius 1 is 0.565 bits per heavy atom. The summed E-state index contributed by atoms with van der Waals surface area (Å²) in [5, 5.41) is 3.39. The largest absolute Gasteiger partial charge is 0.113 e. The Bertz CT molecular complexity index is 566. The van der Waals surface area contributed by atoms with Crippen molar-refractivity contribution < 1.29 is 0 Å². The summed E-state index contributed by atoms with van der Waals surface area (Å²) >= 11 is 0. The zero-order valence-corrected chi connectivity index (χ0v) is 16.8. The Labute approximate surface area is 144 Å². The summed E-state index contributed by atoms with van der Waals surface area (Å²) in [6.07, 6.45) is 4.54. The summed E-state index contributed by atoms with van der Waals surface area (Å²) < 4.78 is 0. The van der Waals surface area contributed by atoms with Crippen molar-refractivity contribution in [2.75, 3.05) is 0 Å². The van der Waals surface area contributed by atoms with Crippen LogP contribution >= 0.6 is 0 Å². The average molecular weight is 325 g/mol. The SMILES string of the molecule is CCc1cccc(CC)c1[Si](C)(C)c1c(CC)cccc1CC. The van der Waals surface area contributed by atoms with Gasteiger partial charge in [-0.15, -0.1) is 0 Å². The molecular weight excluding hydrogens is 292 g/mol. The van der Waals surface area contributed by atoms with Gasteiger partial charge in [0.15, 0.2) is 0 Å². The van der Waals surface area contributed by atoms with Gasteiger partial charge >= 0.3 is 0 Å². The number of rotatable bonds is 6. The topological polar surface area (TPSA) is 0 Å². The zero-order chi connectivity index (χ0) is 17.0. The molecule has 0 fully saturated rings. The molecule has 2 aromatic carbocycles. The monoisotopic (exact) mass is 324 g/mol. The minimum absolute atomic E-state index is 1.13. The van der Waals surface area contributed by atoms with Crippen LogP contribution in [0.25, 0.3) is 0 Å². The quantitative estimate of drug-likeness (QED) is 0.672. The van der Waals surface area contributed by atoms with Crippen molar-refractivity contribution >= 4 is 18.4 Å². The highest BCUT2D eigenvalue weighted by Gasteiger charge is 2.33. The van der Waals surface area contributed by atoms with Gasteiger partial charge in [-0.2, -0.15) is 0 Å². The summed E-state index contributed by atoms with van der Waals surface area (Å²) in [7, 11) is -1.72. The van der Waals surface area contributed by atoms with Gasteiger partial charge in [-0.05, 0) is 58.3 Å². The fourth-order valence-electron chi connectivity index (χ4n) is 4.22. The lowest BCUT2D eigenvalue weighted by Crippen LogP contribution is -2.58. The van der Waals surface area contributed by atoms with Crippen molar-refractivity contribution in [2.24, 2.45) is 0 Å². The van der Waals surface area contributed by atoms with Crippen molar-refractivity contribution in [3.8, 4) is 0 Å². The van der Waals surface area contributed by atoms with Crippen LogP contribution in [0.5, 0.6) is 0 Å². The second-order valence-corrected chi connectivity index (χ2v) is 11.2. The molecule has 0 heterocycles. The van der Waals surface area contributed by atoms with Crippen LogP contribution in [0.3, 0.4) is 0 Å². The Balaban J connectivity index is 2.78. The van der Waals surface area contributed by atoms with Crippen LogP contribution in [0.2, 0.25) is 13.1 Å². The van der Waals surface area contributed by atoms with Gasteiger partial charge in [0.2, 0.25) is 0 Å². The molecule has 2 aromatic rings. The first-order valence-electron chi connectivity index (χ1n) is 9.23. The van der Waals surface area contributed by atoms with Crippen molar-refractivity contribution in [1.82, 2.24) is 0 Å². The van der Waals surface area contributed by atoms with Gasteiger partial charge in [0.05, 0.1) is 0 Å². The molecule has 23 heavy (non-hydrogen) atoms. The lowest BCUT2D eigenvalue weighted by atomic mass is 10.1. The summed E-state index contributed by atoms with van der Waals surface area (Å²) in [6.45, 7) is 14.3. The molecule has 0 saturated carbocycles. The summed E-state index contributed by atoms with van der Waals surface area (Å²) in [5.74, 6) is 0. The molecule has 0 nitrogen and oxygen atoms in total. The smallest absolute Gasteiger partial charge is 0.0617 e. The molecule has 0 aliphatic heterocycles. The van der Waals surface area contributed by atoms with E-state index in [-0.39, 0.29) is 0 Å². The predicted molar refractivity (Wildman–Crippen MR) is 107 cm³/mol. The third kappa shape index (κ3) is 3.30. The second kappa shape index (κ2) is 7.48. The highest BCUT2D eigenvalue weighted by molar-refractivity contribution is 7.01. The number of hydrogen-bond donors (Lipinski definition) is 0. The Kier molecular flexibility index (Phi) is 5.86. The van der Waals surface area contributed by atoms with Gasteiger partial charge in [-0.25, -0.2) is 0 Å². The van der Waals surface area contributed by atoms with Crippen molar-refractivity contribution in [3.63, 3.8) is 0 Å².